The molecule has 0 amide bonds. The third-order valence-corrected chi connectivity index (χ3v) is 2.90. The number of hydrogen-bond acceptors (Lipinski definition) is 2. The van der Waals surface area contributed by atoms with Gasteiger partial charge in [-0.3, -0.25) is 4.99 Å². The summed E-state index contributed by atoms with van der Waals surface area (Å²) in [5.74, 6) is 0. The molecule has 1 aliphatic rings. The molecule has 1 atom stereocenters. The molecular formula is C9H11N2P. The van der Waals surface area contributed by atoms with Gasteiger partial charge in [0.15, 0.2) is 0 Å². The monoisotopic (exact) mass is 178 g/mol. The summed E-state index contributed by atoms with van der Waals surface area (Å²) in [6.07, 6.45) is 0. The van der Waals surface area contributed by atoms with Crippen molar-refractivity contribution in [3.8, 4) is 0 Å². The maximum absolute atomic E-state index is 4.35. The van der Waals surface area contributed by atoms with Crippen LogP contribution in [-0.4, -0.2) is 18.7 Å². The molecule has 3 heteroatoms. The Hall–Kier alpha value is -0.880. The van der Waals surface area contributed by atoms with Crippen LogP contribution in [0.15, 0.2) is 35.3 Å². The van der Waals surface area contributed by atoms with Gasteiger partial charge in [0.05, 0.1) is 6.54 Å². The van der Waals surface area contributed by atoms with Gasteiger partial charge in [-0.25, -0.2) is 0 Å². The average Bonchev–Trinajstić information content (AvgIpc) is 2.59. The molecule has 1 N–H and O–H groups in total. The topological polar surface area (TPSA) is 24.4 Å². The Morgan fingerprint density at radius 3 is 2.75 bits per heavy atom. The molecule has 12 heavy (non-hydrogen) atoms. The first kappa shape index (κ1) is 7.75. The maximum atomic E-state index is 4.35. The lowest BCUT2D eigenvalue weighted by Crippen LogP contribution is -2.16. The highest BCUT2D eigenvalue weighted by molar-refractivity contribution is 7.65. The van der Waals surface area contributed by atoms with Crippen LogP contribution in [-0.2, 0) is 0 Å². The zero-order valence-electron chi connectivity index (χ0n) is 6.75. The molecule has 2 rings (SSSR count). The number of hydrogen-bond donors (Lipinski definition) is 1. The first-order chi connectivity index (χ1) is 5.95. The zero-order valence-corrected chi connectivity index (χ0v) is 7.75. The lowest BCUT2D eigenvalue weighted by molar-refractivity contribution is 0.963. The summed E-state index contributed by atoms with van der Waals surface area (Å²) in [4.78, 5) is 4.35. The summed E-state index contributed by atoms with van der Waals surface area (Å²) in [7, 11) is 0.697. The molecule has 0 saturated heterocycles. The second-order valence-electron chi connectivity index (χ2n) is 2.65. The van der Waals surface area contributed by atoms with Crippen LogP contribution >= 0.6 is 8.58 Å². The van der Waals surface area contributed by atoms with Crippen LogP contribution in [0, 0.1) is 0 Å². The van der Waals surface area contributed by atoms with Crippen molar-refractivity contribution in [2.45, 2.75) is 0 Å². The smallest absolute Gasteiger partial charge is 0.121 e. The summed E-state index contributed by atoms with van der Waals surface area (Å²) in [5.41, 5.74) is 1.15. The number of nitrogens with zero attached hydrogens (tertiary/aromatic N) is 1. The molecule has 1 unspecified atom stereocenters. The second kappa shape index (κ2) is 3.68. The minimum Gasteiger partial charge on any atom is -0.368 e. The largest absolute Gasteiger partial charge is 0.368 e. The molecule has 62 valence electrons. The molecule has 1 heterocycles. The van der Waals surface area contributed by atoms with Crippen LogP contribution in [0.5, 0.6) is 0 Å². The van der Waals surface area contributed by atoms with Crippen molar-refractivity contribution in [1.82, 2.24) is 5.32 Å². The fourth-order valence-electron chi connectivity index (χ4n) is 1.14. The van der Waals surface area contributed by atoms with E-state index in [0.717, 1.165) is 18.7 Å². The van der Waals surface area contributed by atoms with E-state index in [9.17, 15) is 0 Å². The van der Waals surface area contributed by atoms with E-state index in [1.807, 2.05) is 6.07 Å². The van der Waals surface area contributed by atoms with Crippen LogP contribution in [0.1, 0.15) is 0 Å². The van der Waals surface area contributed by atoms with E-state index in [2.05, 4.69) is 34.6 Å². The van der Waals surface area contributed by atoms with Gasteiger partial charge < -0.3 is 5.32 Å². The Labute approximate surface area is 73.9 Å². The zero-order chi connectivity index (χ0) is 8.23. The molecule has 1 aromatic rings. The van der Waals surface area contributed by atoms with Gasteiger partial charge in [0.1, 0.15) is 5.58 Å². The summed E-state index contributed by atoms with van der Waals surface area (Å²) in [6.45, 7) is 1.95. The minimum absolute atomic E-state index is 0.697. The van der Waals surface area contributed by atoms with Crippen molar-refractivity contribution >= 4 is 19.5 Å². The molecular weight excluding hydrogens is 167 g/mol. The molecule has 0 spiro atoms. The molecule has 0 saturated carbocycles. The van der Waals surface area contributed by atoms with Gasteiger partial charge in [0.2, 0.25) is 0 Å². The van der Waals surface area contributed by atoms with Gasteiger partial charge in [-0.05, 0) is 13.9 Å². The number of amidine groups is 1. The third kappa shape index (κ3) is 1.83. The Balaban J connectivity index is 2.04. The van der Waals surface area contributed by atoms with Gasteiger partial charge >= 0.3 is 0 Å². The predicted molar refractivity (Wildman–Crippen MR) is 54.7 cm³/mol. The Kier molecular flexibility index (Phi) is 2.38. The molecule has 1 aromatic carbocycles. The summed E-state index contributed by atoms with van der Waals surface area (Å²) in [5, 5.41) is 4.62. The van der Waals surface area contributed by atoms with Crippen molar-refractivity contribution in [3.63, 3.8) is 0 Å². The van der Waals surface area contributed by atoms with Crippen LogP contribution in [0.2, 0.25) is 0 Å². The molecule has 1 aliphatic heterocycles. The Morgan fingerprint density at radius 2 is 2.08 bits per heavy atom. The fraction of sp³-hybridized carbons (Fsp3) is 0.222. The first-order valence-electron chi connectivity index (χ1n) is 4.05. The second-order valence-corrected chi connectivity index (χ2v) is 3.95. The maximum Gasteiger partial charge on any atom is 0.121 e. The minimum atomic E-state index is 0.697. The Morgan fingerprint density at radius 1 is 1.25 bits per heavy atom. The quantitative estimate of drug-likeness (QED) is 0.670. The first-order valence-corrected chi connectivity index (χ1v) is 5.05. The number of benzene rings is 1. The lowest BCUT2D eigenvalue weighted by Gasteiger charge is -2.01. The van der Waals surface area contributed by atoms with Gasteiger partial charge in [-0.2, -0.15) is 0 Å². The molecule has 2 nitrogen and oxygen atoms in total. The third-order valence-electron chi connectivity index (χ3n) is 1.71. The van der Waals surface area contributed by atoms with E-state index in [4.69, 9.17) is 0 Å². The summed E-state index contributed by atoms with van der Waals surface area (Å²) in [6, 6.07) is 10.5. The molecule has 0 bridgehead atoms. The number of nitrogens with one attached hydrogen (secondary N) is 1. The highest BCUT2D eigenvalue weighted by Crippen LogP contribution is 2.12. The van der Waals surface area contributed by atoms with Gasteiger partial charge in [0.25, 0.3) is 0 Å². The van der Waals surface area contributed by atoms with Crippen molar-refractivity contribution in [2.75, 3.05) is 13.1 Å². The normalized spacial score (nSPS) is 16.5. The van der Waals surface area contributed by atoms with Crippen molar-refractivity contribution in [3.05, 3.63) is 30.3 Å². The fourth-order valence-corrected chi connectivity index (χ4v) is 2.18. The van der Waals surface area contributed by atoms with Crippen LogP contribution < -0.4 is 10.6 Å². The van der Waals surface area contributed by atoms with E-state index in [1.165, 1.54) is 5.30 Å². The van der Waals surface area contributed by atoms with E-state index in [-0.39, 0.29) is 0 Å². The number of aliphatic imine (C=N–C) groups is 1. The van der Waals surface area contributed by atoms with Crippen molar-refractivity contribution < 1.29 is 0 Å². The molecule has 0 aliphatic carbocycles. The average molecular weight is 178 g/mol. The van der Waals surface area contributed by atoms with Crippen LogP contribution in [0.3, 0.4) is 0 Å². The highest BCUT2D eigenvalue weighted by Gasteiger charge is 2.04. The standard InChI is InChI=1S/C9H11N2P/c1-2-4-8(5-3-1)12-9-10-6-7-11-9/h1-5,12H,6-7H2,(H,10,11). The van der Waals surface area contributed by atoms with E-state index >= 15 is 0 Å². The van der Waals surface area contributed by atoms with Crippen LogP contribution in [0.25, 0.3) is 0 Å². The SMILES string of the molecule is c1ccc(PC2=NCCN2)cc1. The molecule has 0 fully saturated rings. The molecule has 0 radical (unpaired) electrons. The van der Waals surface area contributed by atoms with Crippen molar-refractivity contribution in [1.29, 1.82) is 0 Å². The van der Waals surface area contributed by atoms with Crippen molar-refractivity contribution in [2.24, 2.45) is 4.99 Å². The van der Waals surface area contributed by atoms with Gasteiger partial charge in [-0.1, -0.05) is 30.3 Å². The lowest BCUT2D eigenvalue weighted by atomic mass is 10.4. The van der Waals surface area contributed by atoms with E-state index in [0.29, 0.717) is 8.58 Å². The van der Waals surface area contributed by atoms with Gasteiger partial charge in [0, 0.05) is 6.54 Å². The Bertz CT molecular complexity index is 282. The predicted octanol–water partition coefficient (Wildman–Crippen LogP) is 0.950. The van der Waals surface area contributed by atoms with Gasteiger partial charge in [-0.15, -0.1) is 0 Å². The summed E-state index contributed by atoms with van der Waals surface area (Å²) < 4.78 is 0. The van der Waals surface area contributed by atoms with E-state index in [1.54, 1.807) is 0 Å². The number of rotatable bonds is 2. The van der Waals surface area contributed by atoms with E-state index < -0.39 is 0 Å². The summed E-state index contributed by atoms with van der Waals surface area (Å²) >= 11 is 0. The highest BCUT2D eigenvalue weighted by atomic mass is 31.1. The van der Waals surface area contributed by atoms with Crippen LogP contribution in [0.4, 0.5) is 0 Å². The molecule has 0 aromatic heterocycles.